The zero-order valence-electron chi connectivity index (χ0n) is 10.7. The number of hydrogen-bond acceptors (Lipinski definition) is 4. The van der Waals surface area contributed by atoms with Crippen molar-refractivity contribution >= 4 is 17.3 Å². The van der Waals surface area contributed by atoms with E-state index < -0.39 is 0 Å². The highest BCUT2D eigenvalue weighted by Crippen LogP contribution is 2.30. The van der Waals surface area contributed by atoms with E-state index in [0.29, 0.717) is 16.5 Å². The number of halogens is 1. The van der Waals surface area contributed by atoms with Crippen molar-refractivity contribution in [2.75, 3.05) is 5.73 Å². The van der Waals surface area contributed by atoms with Crippen LogP contribution in [0.3, 0.4) is 0 Å². The third-order valence-electron chi connectivity index (χ3n) is 3.16. The average molecular weight is 266 g/mol. The first kappa shape index (κ1) is 12.8. The zero-order valence-corrected chi connectivity index (χ0v) is 11.4. The Hall–Kier alpha value is -1.62. The Bertz CT molecular complexity index is 561. The summed E-state index contributed by atoms with van der Waals surface area (Å²) < 4.78 is 1.80. The second-order valence-corrected chi connectivity index (χ2v) is 5.25. The first-order valence-electron chi connectivity index (χ1n) is 5.80. The lowest BCUT2D eigenvalue weighted by atomic mass is 10.0. The van der Waals surface area contributed by atoms with Crippen LogP contribution in [0.5, 0.6) is 0 Å². The SMILES string of the molecule is CCC(C)(C)n1nnnc1-c1ccc(Cl)cc1N. The lowest BCUT2D eigenvalue weighted by Gasteiger charge is -2.24. The van der Waals surface area contributed by atoms with E-state index in [4.69, 9.17) is 17.3 Å². The molecule has 0 unspecified atom stereocenters. The van der Waals surface area contributed by atoms with Gasteiger partial charge in [0.25, 0.3) is 0 Å². The van der Waals surface area contributed by atoms with Gasteiger partial charge in [0.05, 0.1) is 5.54 Å². The molecule has 2 rings (SSSR count). The molecule has 1 aromatic heterocycles. The number of aromatic nitrogens is 4. The number of anilines is 1. The molecule has 0 radical (unpaired) electrons. The molecule has 0 atom stereocenters. The minimum atomic E-state index is -0.162. The Balaban J connectivity index is 2.56. The molecule has 18 heavy (non-hydrogen) atoms. The smallest absolute Gasteiger partial charge is 0.184 e. The summed E-state index contributed by atoms with van der Waals surface area (Å²) in [5.74, 6) is 0.663. The largest absolute Gasteiger partial charge is 0.398 e. The number of nitrogen functional groups attached to an aromatic ring is 1. The van der Waals surface area contributed by atoms with Crippen LogP contribution in [-0.2, 0) is 5.54 Å². The Labute approximate surface area is 111 Å². The summed E-state index contributed by atoms with van der Waals surface area (Å²) in [6, 6.07) is 5.33. The standard InChI is InChI=1S/C12H16ClN5/c1-4-12(2,3)18-11(15-16-17-18)9-6-5-8(13)7-10(9)14/h5-7H,4,14H2,1-3H3. The lowest BCUT2D eigenvalue weighted by molar-refractivity contribution is 0.305. The summed E-state index contributed by atoms with van der Waals surface area (Å²) in [7, 11) is 0. The van der Waals surface area contributed by atoms with E-state index in [1.54, 1.807) is 16.8 Å². The average Bonchev–Trinajstić information content (AvgIpc) is 2.78. The van der Waals surface area contributed by atoms with E-state index in [1.165, 1.54) is 0 Å². The first-order chi connectivity index (χ1) is 8.45. The number of tetrazole rings is 1. The highest BCUT2D eigenvalue weighted by molar-refractivity contribution is 6.31. The van der Waals surface area contributed by atoms with Crippen molar-refractivity contribution < 1.29 is 0 Å². The van der Waals surface area contributed by atoms with Crippen molar-refractivity contribution in [3.8, 4) is 11.4 Å². The van der Waals surface area contributed by atoms with Gasteiger partial charge in [-0.1, -0.05) is 18.5 Å². The van der Waals surface area contributed by atoms with Crippen molar-refractivity contribution in [3.63, 3.8) is 0 Å². The van der Waals surface area contributed by atoms with Crippen molar-refractivity contribution in [3.05, 3.63) is 23.2 Å². The molecule has 2 N–H and O–H groups in total. The summed E-state index contributed by atoms with van der Waals surface area (Å²) >= 11 is 5.90. The van der Waals surface area contributed by atoms with Crippen LogP contribution in [0.1, 0.15) is 27.2 Å². The van der Waals surface area contributed by atoms with Crippen LogP contribution in [0.25, 0.3) is 11.4 Å². The van der Waals surface area contributed by atoms with Crippen LogP contribution in [-0.4, -0.2) is 20.2 Å². The molecule has 0 amide bonds. The molecule has 0 saturated heterocycles. The van der Waals surface area contributed by atoms with E-state index in [0.717, 1.165) is 12.0 Å². The molecular weight excluding hydrogens is 250 g/mol. The third-order valence-corrected chi connectivity index (χ3v) is 3.40. The van der Waals surface area contributed by atoms with E-state index >= 15 is 0 Å². The minimum absolute atomic E-state index is 0.162. The van der Waals surface area contributed by atoms with Crippen LogP contribution < -0.4 is 5.73 Å². The molecule has 1 aromatic carbocycles. The molecule has 1 heterocycles. The molecule has 5 nitrogen and oxygen atoms in total. The van der Waals surface area contributed by atoms with Crippen LogP contribution in [0.15, 0.2) is 18.2 Å². The summed E-state index contributed by atoms with van der Waals surface area (Å²) in [5, 5.41) is 12.5. The predicted molar refractivity (Wildman–Crippen MR) is 72.3 cm³/mol. The highest BCUT2D eigenvalue weighted by Gasteiger charge is 2.24. The number of nitrogens with two attached hydrogens (primary N) is 1. The van der Waals surface area contributed by atoms with Gasteiger partial charge in [0.2, 0.25) is 0 Å². The van der Waals surface area contributed by atoms with E-state index in [9.17, 15) is 0 Å². The quantitative estimate of drug-likeness (QED) is 0.867. The number of hydrogen-bond donors (Lipinski definition) is 1. The monoisotopic (exact) mass is 265 g/mol. The third kappa shape index (κ3) is 2.18. The minimum Gasteiger partial charge on any atom is -0.398 e. The van der Waals surface area contributed by atoms with Gasteiger partial charge >= 0.3 is 0 Å². The van der Waals surface area contributed by atoms with Crippen molar-refractivity contribution in [2.45, 2.75) is 32.7 Å². The molecule has 6 heteroatoms. The molecular formula is C12H16ClN5. The molecule has 0 fully saturated rings. The maximum atomic E-state index is 5.97. The molecule has 0 aliphatic carbocycles. The van der Waals surface area contributed by atoms with Crippen LogP contribution in [0, 0.1) is 0 Å². The molecule has 2 aromatic rings. The first-order valence-corrected chi connectivity index (χ1v) is 6.18. The summed E-state index contributed by atoms with van der Waals surface area (Å²) in [6.07, 6.45) is 0.915. The van der Waals surface area contributed by atoms with E-state index in [-0.39, 0.29) is 5.54 Å². The fraction of sp³-hybridized carbons (Fsp3) is 0.417. The van der Waals surface area contributed by atoms with Gasteiger partial charge < -0.3 is 5.73 Å². The molecule has 0 aliphatic rings. The normalized spacial score (nSPS) is 11.8. The van der Waals surface area contributed by atoms with Gasteiger partial charge in [0.15, 0.2) is 5.82 Å². The van der Waals surface area contributed by atoms with Crippen LogP contribution in [0.4, 0.5) is 5.69 Å². The maximum Gasteiger partial charge on any atom is 0.184 e. The van der Waals surface area contributed by atoms with Gasteiger partial charge in [-0.25, -0.2) is 4.68 Å². The van der Waals surface area contributed by atoms with E-state index in [2.05, 4.69) is 36.3 Å². The maximum absolute atomic E-state index is 5.97. The number of nitrogens with zero attached hydrogens (tertiary/aromatic N) is 4. The summed E-state index contributed by atoms with van der Waals surface area (Å²) in [6.45, 7) is 6.26. The van der Waals surface area contributed by atoms with E-state index in [1.807, 2.05) is 6.07 Å². The highest BCUT2D eigenvalue weighted by atomic mass is 35.5. The van der Waals surface area contributed by atoms with Crippen molar-refractivity contribution in [2.24, 2.45) is 0 Å². The Morgan fingerprint density at radius 3 is 2.72 bits per heavy atom. The van der Waals surface area contributed by atoms with Gasteiger partial charge in [0.1, 0.15) is 0 Å². The Morgan fingerprint density at radius 1 is 1.39 bits per heavy atom. The number of benzene rings is 1. The molecule has 0 aliphatic heterocycles. The molecule has 96 valence electrons. The zero-order chi connectivity index (χ0) is 13.3. The fourth-order valence-electron chi connectivity index (χ4n) is 1.65. The van der Waals surface area contributed by atoms with Crippen molar-refractivity contribution in [1.29, 1.82) is 0 Å². The topological polar surface area (TPSA) is 69.6 Å². The van der Waals surface area contributed by atoms with Crippen LogP contribution in [0.2, 0.25) is 5.02 Å². The molecule has 0 spiro atoms. The predicted octanol–water partition coefficient (Wildman–Crippen LogP) is 2.72. The summed E-state index contributed by atoms with van der Waals surface area (Å²) in [5.41, 5.74) is 7.18. The van der Waals surface area contributed by atoms with Gasteiger partial charge in [-0.3, -0.25) is 0 Å². The lowest BCUT2D eigenvalue weighted by Crippen LogP contribution is -2.27. The van der Waals surface area contributed by atoms with Gasteiger partial charge in [-0.2, -0.15) is 0 Å². The van der Waals surface area contributed by atoms with Gasteiger partial charge in [-0.15, -0.1) is 5.10 Å². The summed E-state index contributed by atoms with van der Waals surface area (Å²) in [4.78, 5) is 0. The Morgan fingerprint density at radius 2 is 2.11 bits per heavy atom. The second kappa shape index (κ2) is 4.57. The Kier molecular flexibility index (Phi) is 3.26. The van der Waals surface area contributed by atoms with Crippen molar-refractivity contribution in [1.82, 2.24) is 20.2 Å². The van der Waals surface area contributed by atoms with Gasteiger partial charge in [0, 0.05) is 16.3 Å². The second-order valence-electron chi connectivity index (χ2n) is 4.81. The van der Waals surface area contributed by atoms with Crippen LogP contribution >= 0.6 is 11.6 Å². The molecule has 0 saturated carbocycles. The fourth-order valence-corrected chi connectivity index (χ4v) is 1.83. The van der Waals surface area contributed by atoms with Gasteiger partial charge in [-0.05, 0) is 48.9 Å². The molecule has 0 bridgehead atoms. The number of rotatable bonds is 3.